The van der Waals surface area contributed by atoms with Gasteiger partial charge in [-0.15, -0.1) is 10.2 Å². The Morgan fingerprint density at radius 2 is 1.89 bits per heavy atom. The normalized spacial score (nSPS) is 15.7. The third-order valence-corrected chi connectivity index (χ3v) is 5.29. The average Bonchev–Trinajstić information content (AvgIpc) is 3.10. The maximum Gasteiger partial charge on any atom is 0.304 e. The first-order valence-corrected chi connectivity index (χ1v) is 9.17. The summed E-state index contributed by atoms with van der Waals surface area (Å²) in [4.78, 5) is 11.3. The highest BCUT2D eigenvalue weighted by Crippen LogP contribution is 2.36. The summed E-state index contributed by atoms with van der Waals surface area (Å²) < 4.78 is 7.09. The molecular weight excluding hydrogens is 364 g/mol. The topological polar surface area (TPSA) is 89.6 Å². The Labute approximate surface area is 159 Å². The lowest BCUT2D eigenvalue weighted by Crippen LogP contribution is -2.27. The predicted molar refractivity (Wildman–Crippen MR) is 102 cm³/mol. The van der Waals surface area contributed by atoms with Crippen LogP contribution in [0.3, 0.4) is 0 Å². The lowest BCUT2D eigenvalue weighted by molar-refractivity contribution is -0.136. The van der Waals surface area contributed by atoms with Gasteiger partial charge in [-0.1, -0.05) is 54.2 Å². The number of carboxylic acid groups (broad SMARTS) is 1. The van der Waals surface area contributed by atoms with E-state index < -0.39 is 5.97 Å². The second-order valence-electron chi connectivity index (χ2n) is 5.87. The fourth-order valence-electron chi connectivity index (χ4n) is 2.93. The number of aromatic nitrogens is 3. The van der Waals surface area contributed by atoms with E-state index in [1.807, 2.05) is 54.6 Å². The largest absolute Gasteiger partial charge is 0.496 e. The number of benzene rings is 2. The first-order chi connectivity index (χ1) is 13.2. The van der Waals surface area contributed by atoms with Crippen molar-refractivity contribution in [2.45, 2.75) is 16.8 Å². The molecule has 1 aliphatic rings. The molecular formula is C19H16N4O3S. The van der Waals surface area contributed by atoms with Gasteiger partial charge >= 0.3 is 5.97 Å². The first-order valence-electron chi connectivity index (χ1n) is 8.29. The molecule has 7 nitrogen and oxygen atoms in total. The summed E-state index contributed by atoms with van der Waals surface area (Å²) in [6.45, 7) is 0. The van der Waals surface area contributed by atoms with Gasteiger partial charge in [0.25, 0.3) is 0 Å². The van der Waals surface area contributed by atoms with Gasteiger partial charge in [0, 0.05) is 0 Å². The van der Waals surface area contributed by atoms with Gasteiger partial charge in [0.05, 0.1) is 30.1 Å². The van der Waals surface area contributed by atoms with Crippen molar-refractivity contribution in [2.75, 3.05) is 7.11 Å². The Kier molecular flexibility index (Phi) is 4.64. The molecule has 1 N–H and O–H groups in total. The van der Waals surface area contributed by atoms with Gasteiger partial charge in [0.2, 0.25) is 5.16 Å². The number of aliphatic carboxylic acids is 1. The highest BCUT2D eigenvalue weighted by molar-refractivity contribution is 8.00. The molecule has 0 amide bonds. The molecule has 1 atom stereocenters. The quantitative estimate of drug-likeness (QED) is 0.731. The Balaban J connectivity index is 1.85. The Morgan fingerprint density at radius 1 is 1.15 bits per heavy atom. The number of hydrogen-bond acceptors (Lipinski definition) is 6. The SMILES string of the molecule is COc1ccccc1-c1nnc2n1N=C(c1ccccc1)C(CC(=O)O)S2. The Hall–Kier alpha value is -3.13. The van der Waals surface area contributed by atoms with Crippen molar-refractivity contribution < 1.29 is 14.6 Å². The van der Waals surface area contributed by atoms with Crippen LogP contribution in [-0.2, 0) is 4.79 Å². The zero-order valence-corrected chi connectivity index (χ0v) is 15.3. The monoisotopic (exact) mass is 380 g/mol. The maximum atomic E-state index is 11.3. The lowest BCUT2D eigenvalue weighted by atomic mass is 10.1. The molecule has 1 aliphatic heterocycles. The molecule has 0 saturated carbocycles. The molecule has 8 heteroatoms. The minimum absolute atomic E-state index is 0.0464. The number of thioether (sulfide) groups is 1. The van der Waals surface area contributed by atoms with Crippen LogP contribution >= 0.6 is 11.8 Å². The summed E-state index contributed by atoms with van der Waals surface area (Å²) in [7, 11) is 1.60. The van der Waals surface area contributed by atoms with Gasteiger partial charge in [0.15, 0.2) is 5.82 Å². The molecule has 0 fully saturated rings. The van der Waals surface area contributed by atoms with Gasteiger partial charge in [-0.25, -0.2) is 0 Å². The van der Waals surface area contributed by atoms with E-state index in [0.29, 0.717) is 22.4 Å². The van der Waals surface area contributed by atoms with Crippen molar-refractivity contribution in [2.24, 2.45) is 5.10 Å². The highest BCUT2D eigenvalue weighted by Gasteiger charge is 2.31. The van der Waals surface area contributed by atoms with E-state index >= 15 is 0 Å². The van der Waals surface area contributed by atoms with Gasteiger partial charge in [-0.2, -0.15) is 9.78 Å². The molecule has 2 aromatic carbocycles. The van der Waals surface area contributed by atoms with Crippen LogP contribution < -0.4 is 4.74 Å². The molecule has 1 unspecified atom stereocenters. The van der Waals surface area contributed by atoms with E-state index in [1.54, 1.807) is 11.8 Å². The van der Waals surface area contributed by atoms with Crippen LogP contribution in [0, 0.1) is 0 Å². The fourth-order valence-corrected chi connectivity index (χ4v) is 4.02. The number of methoxy groups -OCH3 is 1. The minimum atomic E-state index is -0.881. The van der Waals surface area contributed by atoms with Gasteiger partial charge in [-0.3, -0.25) is 4.79 Å². The summed E-state index contributed by atoms with van der Waals surface area (Å²) in [5.74, 6) is 0.341. The smallest absolute Gasteiger partial charge is 0.304 e. The standard InChI is InChI=1S/C19H16N4O3S/c1-26-14-10-6-5-9-13(14)18-20-21-19-23(18)22-17(12-7-3-2-4-8-12)15(27-19)11-16(24)25/h2-10,15H,11H2,1H3,(H,24,25). The number of rotatable bonds is 5. The van der Waals surface area contributed by atoms with Crippen molar-refractivity contribution in [3.63, 3.8) is 0 Å². The van der Waals surface area contributed by atoms with Crippen LogP contribution in [0.25, 0.3) is 11.4 Å². The predicted octanol–water partition coefficient (Wildman–Crippen LogP) is 3.16. The van der Waals surface area contributed by atoms with Gasteiger partial charge in [-0.05, 0) is 17.7 Å². The maximum absolute atomic E-state index is 11.3. The van der Waals surface area contributed by atoms with Crippen LogP contribution in [0.2, 0.25) is 0 Å². The Morgan fingerprint density at radius 3 is 2.63 bits per heavy atom. The summed E-state index contributed by atoms with van der Waals surface area (Å²) in [5, 5.41) is 22.7. The summed E-state index contributed by atoms with van der Waals surface area (Å²) in [6, 6.07) is 17.1. The molecule has 2 heterocycles. The first kappa shape index (κ1) is 17.3. The van der Waals surface area contributed by atoms with E-state index in [0.717, 1.165) is 11.1 Å². The highest BCUT2D eigenvalue weighted by atomic mass is 32.2. The van der Waals surface area contributed by atoms with Gasteiger partial charge < -0.3 is 9.84 Å². The van der Waals surface area contributed by atoms with E-state index in [9.17, 15) is 9.90 Å². The molecule has 0 aliphatic carbocycles. The third kappa shape index (κ3) is 3.31. The third-order valence-electron chi connectivity index (χ3n) is 4.15. The zero-order valence-electron chi connectivity index (χ0n) is 14.4. The molecule has 0 spiro atoms. The Bertz CT molecular complexity index is 1020. The van der Waals surface area contributed by atoms with E-state index in [-0.39, 0.29) is 11.7 Å². The van der Waals surface area contributed by atoms with Crippen LogP contribution in [0.1, 0.15) is 12.0 Å². The second-order valence-corrected chi connectivity index (χ2v) is 7.04. The number of carbonyl (C=O) groups is 1. The van der Waals surface area contributed by atoms with Crippen LogP contribution in [-0.4, -0.2) is 44.0 Å². The molecule has 0 bridgehead atoms. The number of fused-ring (bicyclic) bond motifs is 1. The van der Waals surface area contributed by atoms with Crippen molar-refractivity contribution in [3.05, 3.63) is 60.2 Å². The minimum Gasteiger partial charge on any atom is -0.496 e. The van der Waals surface area contributed by atoms with Crippen LogP contribution in [0.4, 0.5) is 0 Å². The molecule has 0 radical (unpaired) electrons. The molecule has 3 aromatic rings. The van der Waals surface area contributed by atoms with Gasteiger partial charge in [0.1, 0.15) is 5.75 Å². The zero-order chi connectivity index (χ0) is 18.8. The van der Waals surface area contributed by atoms with Crippen molar-refractivity contribution in [3.8, 4) is 17.1 Å². The second kappa shape index (κ2) is 7.24. The number of nitrogens with zero attached hydrogens (tertiary/aromatic N) is 4. The number of ether oxygens (including phenoxy) is 1. The summed E-state index contributed by atoms with van der Waals surface area (Å²) in [5.41, 5.74) is 2.33. The van der Waals surface area contributed by atoms with Crippen LogP contribution in [0.5, 0.6) is 5.75 Å². The summed E-state index contributed by atoms with van der Waals surface area (Å²) in [6.07, 6.45) is -0.0464. The van der Waals surface area contributed by atoms with Crippen molar-refractivity contribution in [1.29, 1.82) is 0 Å². The number of para-hydroxylation sites is 1. The number of hydrogen-bond donors (Lipinski definition) is 1. The molecule has 136 valence electrons. The van der Waals surface area contributed by atoms with E-state index in [2.05, 4.69) is 10.2 Å². The number of carboxylic acids is 1. The van der Waals surface area contributed by atoms with Crippen molar-refractivity contribution >= 4 is 23.4 Å². The van der Waals surface area contributed by atoms with E-state index in [4.69, 9.17) is 9.84 Å². The molecule has 1 aromatic heterocycles. The fraction of sp³-hybridized carbons (Fsp3) is 0.158. The van der Waals surface area contributed by atoms with Crippen molar-refractivity contribution in [1.82, 2.24) is 14.9 Å². The summed E-state index contributed by atoms with van der Waals surface area (Å²) >= 11 is 1.35. The molecule has 0 saturated heterocycles. The molecule has 27 heavy (non-hydrogen) atoms. The average molecular weight is 380 g/mol. The van der Waals surface area contributed by atoms with E-state index in [1.165, 1.54) is 11.8 Å². The van der Waals surface area contributed by atoms with Crippen LogP contribution in [0.15, 0.2) is 64.9 Å². The molecule has 4 rings (SSSR count). The lowest BCUT2D eigenvalue weighted by Gasteiger charge is -2.22.